The molecule has 1 aliphatic carbocycles. The summed E-state index contributed by atoms with van der Waals surface area (Å²) >= 11 is 0. The SMILES string of the molecule is CCOC(=O)[C@H]1CCC[NH+](CCC(=O)Nc2ccc3c(c2)CCC3)C1. The minimum atomic E-state index is -0.0812. The van der Waals surface area contributed by atoms with Crippen LogP contribution in [0.3, 0.4) is 0 Å². The first-order valence-corrected chi connectivity index (χ1v) is 9.57. The monoisotopic (exact) mass is 345 g/mol. The number of piperidine rings is 1. The molecule has 2 atom stereocenters. The van der Waals surface area contributed by atoms with E-state index in [9.17, 15) is 9.59 Å². The number of ether oxygens (including phenoxy) is 1. The highest BCUT2D eigenvalue weighted by Crippen LogP contribution is 2.24. The van der Waals surface area contributed by atoms with Gasteiger partial charge in [0.1, 0.15) is 5.92 Å². The zero-order valence-corrected chi connectivity index (χ0v) is 15.1. The van der Waals surface area contributed by atoms with Crippen LogP contribution in [0.4, 0.5) is 5.69 Å². The van der Waals surface area contributed by atoms with Crippen molar-refractivity contribution in [2.24, 2.45) is 5.92 Å². The van der Waals surface area contributed by atoms with Gasteiger partial charge in [0.15, 0.2) is 0 Å². The van der Waals surface area contributed by atoms with E-state index in [4.69, 9.17) is 4.74 Å². The molecule has 1 aromatic carbocycles. The van der Waals surface area contributed by atoms with Crippen LogP contribution in [-0.2, 0) is 27.2 Å². The van der Waals surface area contributed by atoms with Gasteiger partial charge in [0.2, 0.25) is 5.91 Å². The molecule has 5 heteroatoms. The zero-order valence-electron chi connectivity index (χ0n) is 15.1. The number of fused-ring (bicyclic) bond motifs is 1. The molecule has 0 spiro atoms. The van der Waals surface area contributed by atoms with Crippen LogP contribution in [-0.4, -0.2) is 38.1 Å². The second kappa shape index (κ2) is 8.48. The summed E-state index contributed by atoms with van der Waals surface area (Å²) in [5.41, 5.74) is 3.70. The Bertz CT molecular complexity index is 629. The van der Waals surface area contributed by atoms with Gasteiger partial charge in [-0.1, -0.05) is 6.07 Å². The first-order valence-electron chi connectivity index (χ1n) is 9.57. The van der Waals surface area contributed by atoms with E-state index in [0.29, 0.717) is 13.0 Å². The van der Waals surface area contributed by atoms with Crippen LogP contribution in [0, 0.1) is 5.92 Å². The fraction of sp³-hybridized carbons (Fsp3) is 0.600. The number of likely N-dealkylation sites (tertiary alicyclic amines) is 1. The molecule has 0 bridgehead atoms. The summed E-state index contributed by atoms with van der Waals surface area (Å²) in [6.07, 6.45) is 5.90. The number of quaternary nitrogens is 1. The maximum Gasteiger partial charge on any atom is 0.314 e. The van der Waals surface area contributed by atoms with Crippen molar-refractivity contribution in [3.63, 3.8) is 0 Å². The van der Waals surface area contributed by atoms with Crippen molar-refractivity contribution in [2.75, 3.05) is 31.6 Å². The third kappa shape index (κ3) is 4.82. The number of esters is 1. The largest absolute Gasteiger partial charge is 0.466 e. The van der Waals surface area contributed by atoms with E-state index in [2.05, 4.69) is 17.4 Å². The van der Waals surface area contributed by atoms with E-state index in [0.717, 1.165) is 51.0 Å². The number of carbonyl (C=O) groups excluding carboxylic acids is 2. The molecule has 5 nitrogen and oxygen atoms in total. The van der Waals surface area contributed by atoms with Crippen LogP contribution in [0.1, 0.15) is 43.7 Å². The second-order valence-corrected chi connectivity index (χ2v) is 7.18. The Balaban J connectivity index is 1.45. The molecule has 1 amide bonds. The molecule has 1 aliphatic heterocycles. The summed E-state index contributed by atoms with van der Waals surface area (Å²) in [5, 5.41) is 3.02. The van der Waals surface area contributed by atoms with Gasteiger partial charge in [-0.3, -0.25) is 9.59 Å². The van der Waals surface area contributed by atoms with Crippen molar-refractivity contribution in [1.29, 1.82) is 0 Å². The van der Waals surface area contributed by atoms with Crippen molar-refractivity contribution in [1.82, 2.24) is 0 Å². The molecular weight excluding hydrogens is 316 g/mol. The van der Waals surface area contributed by atoms with E-state index < -0.39 is 0 Å². The quantitative estimate of drug-likeness (QED) is 0.766. The number of anilines is 1. The molecule has 2 aliphatic rings. The lowest BCUT2D eigenvalue weighted by Gasteiger charge is -2.28. The molecule has 0 radical (unpaired) electrons. The van der Waals surface area contributed by atoms with Gasteiger partial charge in [0.05, 0.1) is 32.7 Å². The van der Waals surface area contributed by atoms with E-state index in [-0.39, 0.29) is 17.8 Å². The van der Waals surface area contributed by atoms with Crippen LogP contribution >= 0.6 is 0 Å². The van der Waals surface area contributed by atoms with Gasteiger partial charge in [0.25, 0.3) is 0 Å². The van der Waals surface area contributed by atoms with Gasteiger partial charge in [0, 0.05) is 5.69 Å². The molecule has 2 N–H and O–H groups in total. The Hall–Kier alpha value is -1.88. The summed E-state index contributed by atoms with van der Waals surface area (Å²) < 4.78 is 5.14. The van der Waals surface area contributed by atoms with Gasteiger partial charge in [-0.2, -0.15) is 0 Å². The topological polar surface area (TPSA) is 59.8 Å². The van der Waals surface area contributed by atoms with Gasteiger partial charge >= 0.3 is 5.97 Å². The summed E-state index contributed by atoms with van der Waals surface area (Å²) in [6.45, 7) is 4.86. The standard InChI is InChI=1S/C20H28N2O3/c1-2-25-20(24)17-7-4-11-22(14-17)12-10-19(23)21-18-9-8-15-5-3-6-16(15)13-18/h8-9,13,17H,2-7,10-12,14H2,1H3,(H,21,23)/p+1/t17-/m0/s1. The number of benzene rings is 1. The second-order valence-electron chi connectivity index (χ2n) is 7.18. The van der Waals surface area contributed by atoms with Crippen molar-refractivity contribution in [3.8, 4) is 0 Å². The lowest BCUT2D eigenvalue weighted by molar-refractivity contribution is -0.906. The molecule has 1 fully saturated rings. The first kappa shape index (κ1) is 17.9. The lowest BCUT2D eigenvalue weighted by atomic mass is 9.98. The summed E-state index contributed by atoms with van der Waals surface area (Å²) in [4.78, 5) is 25.5. The molecule has 1 heterocycles. The molecule has 1 saturated heterocycles. The number of aryl methyl sites for hydroxylation is 2. The van der Waals surface area contributed by atoms with Crippen LogP contribution in [0.2, 0.25) is 0 Å². The zero-order chi connectivity index (χ0) is 17.6. The maximum absolute atomic E-state index is 12.3. The van der Waals surface area contributed by atoms with E-state index >= 15 is 0 Å². The maximum atomic E-state index is 12.3. The number of amides is 1. The molecule has 136 valence electrons. The fourth-order valence-corrected chi connectivity index (χ4v) is 4.00. The first-order chi connectivity index (χ1) is 12.2. The Kier molecular flexibility index (Phi) is 6.08. The lowest BCUT2D eigenvalue weighted by Crippen LogP contribution is -3.13. The Morgan fingerprint density at radius 3 is 2.92 bits per heavy atom. The summed E-state index contributed by atoms with van der Waals surface area (Å²) in [7, 11) is 0. The van der Waals surface area contributed by atoms with Gasteiger partial charge in [-0.15, -0.1) is 0 Å². The highest BCUT2D eigenvalue weighted by atomic mass is 16.5. The normalized spacial score (nSPS) is 22.3. The van der Waals surface area contributed by atoms with Crippen molar-refractivity contribution < 1.29 is 19.2 Å². The smallest absolute Gasteiger partial charge is 0.314 e. The van der Waals surface area contributed by atoms with Crippen molar-refractivity contribution in [2.45, 2.75) is 45.4 Å². The van der Waals surface area contributed by atoms with E-state index in [1.54, 1.807) is 0 Å². The van der Waals surface area contributed by atoms with Gasteiger partial charge in [-0.05, 0) is 62.3 Å². The molecule has 1 unspecified atom stereocenters. The highest BCUT2D eigenvalue weighted by molar-refractivity contribution is 5.90. The number of nitrogens with one attached hydrogen (secondary N) is 2. The van der Waals surface area contributed by atoms with E-state index in [1.807, 2.05) is 13.0 Å². The number of rotatable bonds is 6. The molecule has 1 aromatic rings. The summed E-state index contributed by atoms with van der Waals surface area (Å²) in [5.74, 6) is -0.0329. The van der Waals surface area contributed by atoms with Crippen molar-refractivity contribution in [3.05, 3.63) is 29.3 Å². The average molecular weight is 345 g/mol. The molecule has 0 aromatic heterocycles. The molecule has 3 rings (SSSR count). The molecule has 25 heavy (non-hydrogen) atoms. The Morgan fingerprint density at radius 2 is 2.08 bits per heavy atom. The van der Waals surface area contributed by atoms with Crippen LogP contribution < -0.4 is 10.2 Å². The number of hydrogen-bond acceptors (Lipinski definition) is 3. The van der Waals surface area contributed by atoms with Crippen LogP contribution in [0.25, 0.3) is 0 Å². The van der Waals surface area contributed by atoms with Crippen molar-refractivity contribution >= 4 is 17.6 Å². The third-order valence-corrected chi connectivity index (χ3v) is 5.33. The highest BCUT2D eigenvalue weighted by Gasteiger charge is 2.29. The minimum Gasteiger partial charge on any atom is -0.466 e. The van der Waals surface area contributed by atoms with Crippen LogP contribution in [0.5, 0.6) is 0 Å². The predicted octanol–water partition coefficient (Wildman–Crippen LogP) is 1.36. The fourth-order valence-electron chi connectivity index (χ4n) is 4.00. The van der Waals surface area contributed by atoms with Gasteiger partial charge in [-0.25, -0.2) is 0 Å². The predicted molar refractivity (Wildman–Crippen MR) is 96.6 cm³/mol. The molecular formula is C20H29N2O3+. The van der Waals surface area contributed by atoms with Gasteiger partial charge < -0.3 is 15.0 Å². The number of carbonyl (C=O) groups is 2. The third-order valence-electron chi connectivity index (χ3n) is 5.33. The average Bonchev–Trinajstić information content (AvgIpc) is 3.08. The molecule has 0 saturated carbocycles. The number of hydrogen-bond donors (Lipinski definition) is 2. The van der Waals surface area contributed by atoms with Crippen LogP contribution in [0.15, 0.2) is 18.2 Å². The summed E-state index contributed by atoms with van der Waals surface area (Å²) in [6, 6.07) is 6.26. The minimum absolute atomic E-state index is 0.0107. The Morgan fingerprint density at radius 1 is 1.24 bits per heavy atom. The van der Waals surface area contributed by atoms with E-state index in [1.165, 1.54) is 22.4 Å². The Labute approximate surface area is 149 Å².